The van der Waals surface area contributed by atoms with Gasteiger partial charge in [-0.05, 0) is 97.1 Å². The fourth-order valence-corrected chi connectivity index (χ4v) is 11.9. The first-order valence-electron chi connectivity index (χ1n) is 23.0. The highest BCUT2D eigenvalue weighted by molar-refractivity contribution is 6.12. The van der Waals surface area contributed by atoms with Crippen LogP contribution in [-0.2, 0) is 5.41 Å². The van der Waals surface area contributed by atoms with Crippen LogP contribution >= 0.6 is 0 Å². The lowest BCUT2D eigenvalue weighted by molar-refractivity contribution is 0.661. The Morgan fingerprint density at radius 2 is 0.879 bits per heavy atom. The van der Waals surface area contributed by atoms with Crippen molar-refractivity contribution in [2.24, 2.45) is 0 Å². The highest BCUT2D eigenvalue weighted by atomic mass is 15.0. The Kier molecular flexibility index (Phi) is 7.83. The molecule has 0 radical (unpaired) electrons. The molecule has 2 bridgehead atoms. The number of nitrogens with zero attached hydrogens (tertiary/aromatic N) is 4. The second kappa shape index (κ2) is 13.9. The van der Waals surface area contributed by atoms with Crippen molar-refractivity contribution in [1.29, 1.82) is 0 Å². The summed E-state index contributed by atoms with van der Waals surface area (Å²) in [5.41, 5.74) is 22.2. The van der Waals surface area contributed by atoms with E-state index in [2.05, 4.69) is 219 Å². The van der Waals surface area contributed by atoms with E-state index < -0.39 is 0 Å². The third kappa shape index (κ3) is 5.24. The quantitative estimate of drug-likeness (QED) is 0.173. The van der Waals surface area contributed by atoms with Gasteiger partial charge in [-0.2, -0.15) is 0 Å². The van der Waals surface area contributed by atoms with Gasteiger partial charge in [0.2, 0.25) is 0 Å². The van der Waals surface area contributed by atoms with Crippen molar-refractivity contribution in [3.63, 3.8) is 0 Å². The van der Waals surface area contributed by atoms with Gasteiger partial charge in [0.25, 0.3) is 0 Å². The number of hydrogen-bond acceptors (Lipinski definition) is 3. The third-order valence-corrected chi connectivity index (χ3v) is 14.9. The monoisotopic (exact) mass is 842 g/mol. The van der Waals surface area contributed by atoms with E-state index in [-0.39, 0.29) is 17.3 Å². The lowest BCUT2D eigenvalue weighted by atomic mass is 9.59. The molecule has 310 valence electrons. The molecular formula is C62H42N4. The minimum absolute atomic E-state index is 0.000817. The van der Waals surface area contributed by atoms with Crippen molar-refractivity contribution < 1.29 is 0 Å². The van der Waals surface area contributed by atoms with Crippen LogP contribution in [-0.4, -0.2) is 19.5 Å². The number of rotatable bonds is 5. The maximum Gasteiger partial charge on any atom is 0.164 e. The second-order valence-electron chi connectivity index (χ2n) is 18.6. The Labute approximate surface area is 383 Å². The maximum atomic E-state index is 5.44. The fraction of sp³-hybridized carbons (Fsp3) is 0.0806. The van der Waals surface area contributed by atoms with Gasteiger partial charge < -0.3 is 4.57 Å². The number of benzene rings is 9. The van der Waals surface area contributed by atoms with E-state index in [0.717, 1.165) is 22.3 Å². The molecule has 2 aromatic heterocycles. The predicted octanol–water partition coefficient (Wildman–Crippen LogP) is 14.9. The number of fused-ring (bicyclic) bond motifs is 6. The largest absolute Gasteiger partial charge is 0.309 e. The minimum Gasteiger partial charge on any atom is -0.309 e. The van der Waals surface area contributed by atoms with Crippen LogP contribution in [0, 0.1) is 0 Å². The Balaban J connectivity index is 1.05. The molecule has 4 heteroatoms. The summed E-state index contributed by atoms with van der Waals surface area (Å²) < 4.78 is 2.57. The van der Waals surface area contributed by atoms with Crippen LogP contribution in [0.2, 0.25) is 0 Å². The van der Waals surface area contributed by atoms with Gasteiger partial charge in [-0.1, -0.05) is 190 Å². The summed E-state index contributed by atoms with van der Waals surface area (Å²) in [6.45, 7) is 4.76. The van der Waals surface area contributed by atoms with Crippen molar-refractivity contribution in [2.45, 2.75) is 31.1 Å². The Hall–Kier alpha value is -8.21. The number of para-hydroxylation sites is 1. The van der Waals surface area contributed by atoms with Crippen LogP contribution in [0.15, 0.2) is 206 Å². The molecule has 2 heterocycles. The Morgan fingerprint density at radius 1 is 0.364 bits per heavy atom. The topological polar surface area (TPSA) is 43.6 Å². The lowest BCUT2D eigenvalue weighted by Crippen LogP contribution is -2.29. The molecule has 0 aliphatic heterocycles. The summed E-state index contributed by atoms with van der Waals surface area (Å²) in [4.78, 5) is 16.0. The average Bonchev–Trinajstić information content (AvgIpc) is 3.82. The Bertz CT molecular complexity index is 3740. The predicted molar refractivity (Wildman–Crippen MR) is 268 cm³/mol. The third-order valence-electron chi connectivity index (χ3n) is 14.9. The van der Waals surface area contributed by atoms with Crippen molar-refractivity contribution in [2.75, 3.05) is 0 Å². The van der Waals surface area contributed by atoms with Crippen molar-refractivity contribution in [3.05, 3.63) is 251 Å². The van der Waals surface area contributed by atoms with Crippen LogP contribution < -0.4 is 0 Å². The van der Waals surface area contributed by atoms with Gasteiger partial charge in [0.15, 0.2) is 17.5 Å². The van der Waals surface area contributed by atoms with E-state index >= 15 is 0 Å². The van der Waals surface area contributed by atoms with E-state index in [1.54, 1.807) is 0 Å². The van der Waals surface area contributed by atoms with Crippen LogP contribution in [0.3, 0.4) is 0 Å². The van der Waals surface area contributed by atoms with Crippen molar-refractivity contribution in [1.82, 2.24) is 19.5 Å². The molecule has 66 heavy (non-hydrogen) atoms. The lowest BCUT2D eigenvalue weighted by Gasteiger charge is -2.44. The van der Waals surface area contributed by atoms with Gasteiger partial charge in [0.05, 0.1) is 16.7 Å². The number of hydrogen-bond donors (Lipinski definition) is 0. The summed E-state index contributed by atoms with van der Waals surface area (Å²) in [6, 6.07) is 75.2. The van der Waals surface area contributed by atoms with Crippen LogP contribution in [0.1, 0.15) is 70.2 Å². The number of aromatic nitrogens is 4. The summed E-state index contributed by atoms with van der Waals surface area (Å²) in [5.74, 6) is 1.96. The van der Waals surface area contributed by atoms with Crippen LogP contribution in [0.4, 0.5) is 0 Å². The van der Waals surface area contributed by atoms with Gasteiger partial charge in [0, 0.05) is 44.7 Å². The zero-order valence-electron chi connectivity index (χ0n) is 36.6. The molecule has 0 unspecified atom stereocenters. The summed E-state index contributed by atoms with van der Waals surface area (Å²) >= 11 is 0. The molecule has 0 amide bonds. The molecule has 0 atom stereocenters. The zero-order chi connectivity index (χ0) is 43.7. The van der Waals surface area contributed by atoms with E-state index in [1.807, 2.05) is 6.07 Å². The average molecular weight is 843 g/mol. The van der Waals surface area contributed by atoms with E-state index in [4.69, 9.17) is 15.0 Å². The summed E-state index contributed by atoms with van der Waals surface area (Å²) in [7, 11) is 0. The highest BCUT2D eigenvalue weighted by Crippen LogP contribution is 2.60. The molecule has 4 aliphatic rings. The van der Waals surface area contributed by atoms with Gasteiger partial charge >= 0.3 is 0 Å². The van der Waals surface area contributed by atoms with Gasteiger partial charge in [-0.15, -0.1) is 0 Å². The first-order chi connectivity index (χ1) is 32.5. The van der Waals surface area contributed by atoms with Crippen LogP contribution in [0.25, 0.3) is 83.9 Å². The molecule has 0 saturated carbocycles. The van der Waals surface area contributed by atoms with Gasteiger partial charge in [0.1, 0.15) is 0 Å². The van der Waals surface area contributed by atoms with E-state index in [1.165, 1.54) is 88.7 Å². The minimum atomic E-state index is -0.143. The van der Waals surface area contributed by atoms with Gasteiger partial charge in [-0.25, -0.2) is 15.0 Å². The molecule has 15 rings (SSSR count). The second-order valence-corrected chi connectivity index (χ2v) is 18.6. The standard InChI is InChI=1S/C62H42N4/c1-62(2)50-27-15-13-21-41(50)48-35-49-42-22-14-16-28-52(42)66(54(49)36-51(48)62)53-34-33-47(57-55-43-23-9-11-25-45(43)56(58(53)57)46-26-12-10-24-44(46)55)61-64-59(39-19-7-4-8-20-39)63-60(65-61)40-31-29-38(30-32-40)37-17-5-3-6-18-37/h3-36,55-56H,1-2H3. The Morgan fingerprint density at radius 3 is 1.56 bits per heavy atom. The molecule has 4 nitrogen and oxygen atoms in total. The molecule has 9 aromatic carbocycles. The summed E-state index contributed by atoms with van der Waals surface area (Å²) in [5, 5.41) is 2.52. The van der Waals surface area contributed by atoms with E-state index in [0.29, 0.717) is 17.5 Å². The summed E-state index contributed by atoms with van der Waals surface area (Å²) in [6.07, 6.45) is 0. The molecular weight excluding hydrogens is 801 g/mol. The molecule has 0 fully saturated rings. The fourth-order valence-electron chi connectivity index (χ4n) is 11.9. The SMILES string of the molecule is CC1(C)c2ccccc2-c2cc3c4ccccc4n(-c4ccc(-c5nc(-c6ccccc6)nc(-c6ccc(-c7ccccc7)cc6)n5)c5c4C4c6ccccc6C5c5ccccc54)c3cc21. The molecule has 0 saturated heterocycles. The maximum absolute atomic E-state index is 5.44. The van der Waals surface area contributed by atoms with Crippen molar-refractivity contribution >= 4 is 21.8 Å². The van der Waals surface area contributed by atoms with E-state index in [9.17, 15) is 0 Å². The first-order valence-corrected chi connectivity index (χ1v) is 23.0. The smallest absolute Gasteiger partial charge is 0.164 e. The molecule has 4 aliphatic carbocycles. The van der Waals surface area contributed by atoms with Crippen LogP contribution in [0.5, 0.6) is 0 Å². The zero-order valence-corrected chi connectivity index (χ0v) is 36.6. The first kappa shape index (κ1) is 37.2. The molecule has 0 spiro atoms. The highest BCUT2D eigenvalue weighted by Gasteiger charge is 2.45. The van der Waals surface area contributed by atoms with Gasteiger partial charge in [-0.3, -0.25) is 0 Å². The molecule has 11 aromatic rings. The normalized spacial score (nSPS) is 15.8. The van der Waals surface area contributed by atoms with Crippen molar-refractivity contribution in [3.8, 4) is 62.1 Å². The molecule has 0 N–H and O–H groups in total.